The van der Waals surface area contributed by atoms with Gasteiger partial charge in [0, 0.05) is 7.05 Å². The number of rotatable bonds is 6. The van der Waals surface area contributed by atoms with Gasteiger partial charge in [0.05, 0.1) is 26.5 Å². The Labute approximate surface area is 161 Å². The molecule has 2 amide bonds. The van der Waals surface area contributed by atoms with E-state index in [2.05, 4.69) is 9.97 Å². The fourth-order valence-electron chi connectivity index (χ4n) is 1.16. The minimum absolute atomic E-state index is 0. The first-order valence-corrected chi connectivity index (χ1v) is 9.03. The molecule has 0 aromatic carbocycles. The van der Waals surface area contributed by atoms with E-state index in [0.29, 0.717) is 6.26 Å². The summed E-state index contributed by atoms with van der Waals surface area (Å²) in [5.41, 5.74) is 0. The van der Waals surface area contributed by atoms with Crippen LogP contribution < -0.4 is 19.5 Å². The van der Waals surface area contributed by atoms with E-state index >= 15 is 0 Å². The number of urea groups is 1. The van der Waals surface area contributed by atoms with Crippen molar-refractivity contribution < 1.29 is 31.1 Å². The van der Waals surface area contributed by atoms with E-state index < -0.39 is 26.3 Å². The molecule has 0 atom stereocenters. The molecule has 1 heterocycles. The first-order valence-electron chi connectivity index (χ1n) is 5.74. The number of hydrogen-bond donors (Lipinski definition) is 2. The molecule has 0 aliphatic rings. The van der Waals surface area contributed by atoms with Gasteiger partial charge >= 0.3 is 45.8 Å². The number of methoxy groups -OCH3 is 2. The number of hydrogen-bond acceptors (Lipinski definition) is 9. The van der Waals surface area contributed by atoms with Gasteiger partial charge in [0.15, 0.2) is 0 Å². The van der Waals surface area contributed by atoms with Crippen LogP contribution in [0.1, 0.15) is 0 Å². The number of anilines is 1. The van der Waals surface area contributed by atoms with Crippen molar-refractivity contribution in [3.8, 4) is 11.8 Å². The average molecular weight is 393 g/mol. The van der Waals surface area contributed by atoms with E-state index in [1.807, 2.05) is 5.32 Å². The summed E-state index contributed by atoms with van der Waals surface area (Å²) in [6.45, 7) is 0. The van der Waals surface area contributed by atoms with Crippen LogP contribution in [0.3, 0.4) is 0 Å². The third kappa shape index (κ3) is 6.37. The van der Waals surface area contributed by atoms with Crippen molar-refractivity contribution in [3.63, 3.8) is 0 Å². The first-order chi connectivity index (χ1) is 10.5. The second-order valence-corrected chi connectivity index (χ2v) is 7.93. The monoisotopic (exact) mass is 393 g/mol. The van der Waals surface area contributed by atoms with Crippen LogP contribution >= 0.6 is 0 Å². The molecule has 24 heavy (non-hydrogen) atoms. The summed E-state index contributed by atoms with van der Waals surface area (Å²) in [6.07, 6.45) is 0.667. The van der Waals surface area contributed by atoms with E-state index in [-0.39, 0.29) is 51.0 Å². The molecular formula is C9H16N5NaO7S2. The van der Waals surface area contributed by atoms with Gasteiger partial charge in [0.2, 0.25) is 27.7 Å². The molecule has 0 radical (unpaired) electrons. The van der Waals surface area contributed by atoms with E-state index in [1.165, 1.54) is 25.0 Å². The number of sulfonamides is 1. The van der Waals surface area contributed by atoms with E-state index in [9.17, 15) is 21.6 Å². The predicted octanol–water partition coefficient (Wildman–Crippen LogP) is -1.90. The van der Waals surface area contributed by atoms with Gasteiger partial charge in [-0.25, -0.2) is 17.9 Å². The van der Waals surface area contributed by atoms with Crippen molar-refractivity contribution in [2.45, 2.75) is 0 Å². The SMILES string of the molecule is COc1cc(OC)nc(NC(=O)NS(=O)(=O)N(C)S(C)(=O)=O)n1.[NaH]. The molecule has 15 heteroatoms. The topological polar surface area (TPSA) is 157 Å². The third-order valence-corrected chi connectivity index (χ3v) is 5.81. The molecular weight excluding hydrogens is 377 g/mol. The van der Waals surface area contributed by atoms with Crippen molar-refractivity contribution in [1.82, 2.24) is 18.4 Å². The van der Waals surface area contributed by atoms with Crippen molar-refractivity contribution in [2.75, 3.05) is 32.8 Å². The summed E-state index contributed by atoms with van der Waals surface area (Å²) in [5.74, 6) is -0.192. The molecule has 0 spiro atoms. The van der Waals surface area contributed by atoms with Gasteiger partial charge in [-0.1, -0.05) is 3.71 Å². The normalized spacial score (nSPS) is 11.4. The van der Waals surface area contributed by atoms with E-state index in [0.717, 1.165) is 7.05 Å². The molecule has 0 aliphatic heterocycles. The molecule has 132 valence electrons. The fourth-order valence-corrected chi connectivity index (χ4v) is 3.11. The van der Waals surface area contributed by atoms with Crippen LogP contribution in [-0.4, -0.2) is 93.6 Å². The Bertz CT molecular complexity index is 776. The Morgan fingerprint density at radius 3 is 1.96 bits per heavy atom. The van der Waals surface area contributed by atoms with Crippen molar-refractivity contribution in [3.05, 3.63) is 6.07 Å². The molecule has 12 nitrogen and oxygen atoms in total. The molecule has 1 aromatic heterocycles. The van der Waals surface area contributed by atoms with Gasteiger partial charge in [-0.15, -0.1) is 0 Å². The summed E-state index contributed by atoms with van der Waals surface area (Å²) in [5, 5.41) is 2.02. The summed E-state index contributed by atoms with van der Waals surface area (Å²) < 4.78 is 57.0. The molecule has 1 aromatic rings. The second kappa shape index (κ2) is 8.77. The molecule has 0 fully saturated rings. The second-order valence-electron chi connectivity index (χ2n) is 3.98. The summed E-state index contributed by atoms with van der Waals surface area (Å²) in [7, 11) is -5.27. The Morgan fingerprint density at radius 1 is 1.12 bits per heavy atom. The van der Waals surface area contributed by atoms with Crippen LogP contribution in [0.4, 0.5) is 10.7 Å². The van der Waals surface area contributed by atoms with Crippen molar-refractivity contribution in [1.29, 1.82) is 0 Å². The van der Waals surface area contributed by atoms with Gasteiger partial charge in [-0.05, 0) is 0 Å². The Morgan fingerprint density at radius 2 is 1.58 bits per heavy atom. The number of amides is 2. The van der Waals surface area contributed by atoms with Crippen LogP contribution in [0, 0.1) is 0 Å². The fraction of sp³-hybridized carbons (Fsp3) is 0.444. The van der Waals surface area contributed by atoms with Crippen LogP contribution in [0.25, 0.3) is 0 Å². The number of nitrogens with one attached hydrogen (secondary N) is 2. The van der Waals surface area contributed by atoms with Crippen LogP contribution in [0.15, 0.2) is 6.07 Å². The van der Waals surface area contributed by atoms with E-state index in [4.69, 9.17) is 9.47 Å². The van der Waals surface area contributed by atoms with Crippen molar-refractivity contribution in [2.24, 2.45) is 0 Å². The van der Waals surface area contributed by atoms with Crippen LogP contribution in [0.2, 0.25) is 0 Å². The average Bonchev–Trinajstić information content (AvgIpc) is 2.44. The number of aromatic nitrogens is 2. The van der Waals surface area contributed by atoms with Crippen molar-refractivity contribution >= 4 is 61.8 Å². The zero-order chi connectivity index (χ0) is 17.8. The standard InChI is InChI=1S/C9H15N5O7S2.Na.H/c1-14(22(4,16)17)23(18,19)13-9(15)12-8-10-6(20-2)5-7(11-8)21-3;;/h5H,1-4H3,(H2,10,11,12,13,15);;. The van der Waals surface area contributed by atoms with Gasteiger partial charge in [0.25, 0.3) is 0 Å². The molecule has 0 saturated carbocycles. The molecule has 0 bridgehead atoms. The number of carbonyl (C=O) groups is 1. The predicted molar refractivity (Wildman–Crippen MR) is 86.0 cm³/mol. The van der Waals surface area contributed by atoms with Gasteiger partial charge in [0.1, 0.15) is 0 Å². The molecule has 0 saturated heterocycles. The Kier molecular flexibility index (Phi) is 8.34. The Hall–Kier alpha value is -1.19. The molecule has 0 aliphatic carbocycles. The Balaban J connectivity index is 0.00000529. The number of ether oxygens (including phenoxy) is 2. The molecule has 1 rings (SSSR count). The summed E-state index contributed by atoms with van der Waals surface area (Å²) >= 11 is 0. The summed E-state index contributed by atoms with van der Waals surface area (Å²) in [6, 6.07) is 0.0628. The van der Waals surface area contributed by atoms with E-state index in [1.54, 1.807) is 0 Å². The molecule has 2 N–H and O–H groups in total. The van der Waals surface area contributed by atoms with Gasteiger partial charge in [-0.3, -0.25) is 5.32 Å². The molecule has 0 unspecified atom stereocenters. The van der Waals surface area contributed by atoms with Crippen LogP contribution in [0.5, 0.6) is 11.8 Å². The zero-order valence-electron chi connectivity index (χ0n) is 12.6. The maximum absolute atomic E-state index is 11.7. The van der Waals surface area contributed by atoms with Gasteiger partial charge < -0.3 is 9.47 Å². The maximum atomic E-state index is 11.7. The van der Waals surface area contributed by atoms with Gasteiger partial charge in [-0.2, -0.15) is 18.4 Å². The number of carbonyl (C=O) groups excluding carboxylic acids is 1. The number of nitrogens with zero attached hydrogens (tertiary/aromatic N) is 3. The first kappa shape index (κ1) is 22.8. The zero-order valence-corrected chi connectivity index (χ0v) is 14.2. The minimum atomic E-state index is -4.60. The summed E-state index contributed by atoms with van der Waals surface area (Å²) in [4.78, 5) is 19.2. The quantitative estimate of drug-likeness (QED) is 0.527. The third-order valence-electron chi connectivity index (χ3n) is 2.35. The van der Waals surface area contributed by atoms with Crippen LogP contribution in [-0.2, 0) is 20.2 Å².